The molecule has 0 unspecified atom stereocenters. The van der Waals surface area contributed by atoms with E-state index in [1.165, 1.54) is 5.56 Å². The van der Waals surface area contributed by atoms with Crippen LogP contribution in [0.1, 0.15) is 58.5 Å². The number of pyridine rings is 1. The zero-order valence-electron chi connectivity index (χ0n) is 24.5. The van der Waals surface area contributed by atoms with Crippen LogP contribution in [0.4, 0.5) is 11.5 Å². The van der Waals surface area contributed by atoms with Gasteiger partial charge < -0.3 is 20.4 Å². The molecule has 0 bridgehead atoms. The van der Waals surface area contributed by atoms with E-state index in [0.29, 0.717) is 22.7 Å². The van der Waals surface area contributed by atoms with E-state index in [-0.39, 0.29) is 17.2 Å². The first-order valence-electron chi connectivity index (χ1n) is 14.2. The molecule has 2 heterocycles. The minimum absolute atomic E-state index is 0.0166. The summed E-state index contributed by atoms with van der Waals surface area (Å²) in [4.78, 5) is 34.9. The van der Waals surface area contributed by atoms with Crippen LogP contribution in [0.2, 0.25) is 0 Å². The molecule has 7 nitrogen and oxygen atoms in total. The van der Waals surface area contributed by atoms with E-state index < -0.39 is 0 Å². The lowest BCUT2D eigenvalue weighted by Gasteiger charge is -2.32. The molecule has 0 aliphatic carbocycles. The maximum atomic E-state index is 13.3. The number of likely N-dealkylation sites (tertiary alicyclic amines) is 1. The van der Waals surface area contributed by atoms with Crippen molar-refractivity contribution >= 4 is 23.3 Å². The largest absolute Gasteiger partial charge is 0.369 e. The molecule has 0 atom stereocenters. The molecular formula is C33H43N5O2. The number of hydrogen-bond donors (Lipinski definition) is 2. The van der Waals surface area contributed by atoms with Crippen LogP contribution in [-0.2, 0) is 6.42 Å². The van der Waals surface area contributed by atoms with Gasteiger partial charge in [0.25, 0.3) is 11.8 Å². The molecule has 2 N–H and O–H groups in total. The third-order valence-electron chi connectivity index (χ3n) is 7.52. The number of carbonyl (C=O) groups is 2. The first-order chi connectivity index (χ1) is 19.1. The van der Waals surface area contributed by atoms with Gasteiger partial charge in [-0.3, -0.25) is 9.59 Å². The maximum Gasteiger partial charge on any atom is 0.257 e. The summed E-state index contributed by atoms with van der Waals surface area (Å²) in [5, 5.41) is 6.35. The maximum absolute atomic E-state index is 13.3. The monoisotopic (exact) mass is 541 g/mol. The zero-order valence-corrected chi connectivity index (χ0v) is 24.5. The van der Waals surface area contributed by atoms with Crippen molar-refractivity contribution in [1.29, 1.82) is 0 Å². The van der Waals surface area contributed by atoms with Gasteiger partial charge in [0.15, 0.2) is 0 Å². The van der Waals surface area contributed by atoms with Gasteiger partial charge >= 0.3 is 0 Å². The highest BCUT2D eigenvalue weighted by atomic mass is 16.2. The number of hydrogen-bond acceptors (Lipinski definition) is 5. The summed E-state index contributed by atoms with van der Waals surface area (Å²) in [6.07, 6.45) is 4.65. The predicted octanol–water partition coefficient (Wildman–Crippen LogP) is 5.74. The third kappa shape index (κ3) is 8.15. The van der Waals surface area contributed by atoms with Crippen molar-refractivity contribution in [3.63, 3.8) is 0 Å². The van der Waals surface area contributed by atoms with Gasteiger partial charge in [0.2, 0.25) is 0 Å². The quantitative estimate of drug-likeness (QED) is 0.342. The highest BCUT2D eigenvalue weighted by molar-refractivity contribution is 6.05. The minimum Gasteiger partial charge on any atom is -0.369 e. The summed E-state index contributed by atoms with van der Waals surface area (Å²) in [5.74, 6) is 1.10. The lowest BCUT2D eigenvalue weighted by molar-refractivity contribution is 0.0690. The van der Waals surface area contributed by atoms with Crippen molar-refractivity contribution in [3.8, 4) is 0 Å². The molecule has 1 saturated heterocycles. The van der Waals surface area contributed by atoms with Crippen LogP contribution in [0.3, 0.4) is 0 Å². The van der Waals surface area contributed by atoms with Crippen molar-refractivity contribution in [2.75, 3.05) is 50.9 Å². The lowest BCUT2D eigenvalue weighted by Crippen LogP contribution is -2.39. The molecule has 1 aliphatic heterocycles. The van der Waals surface area contributed by atoms with Crippen molar-refractivity contribution in [2.45, 2.75) is 40.0 Å². The average molecular weight is 542 g/mol. The molecular weight excluding hydrogens is 498 g/mol. The number of aromatic nitrogens is 1. The first-order valence-corrected chi connectivity index (χ1v) is 14.2. The number of anilines is 2. The molecule has 0 radical (unpaired) electrons. The van der Waals surface area contributed by atoms with Crippen LogP contribution >= 0.6 is 0 Å². The van der Waals surface area contributed by atoms with Gasteiger partial charge in [0.05, 0.1) is 5.56 Å². The highest BCUT2D eigenvalue weighted by Gasteiger charge is 2.24. The van der Waals surface area contributed by atoms with Crippen molar-refractivity contribution in [3.05, 3.63) is 89.1 Å². The van der Waals surface area contributed by atoms with Crippen LogP contribution < -0.4 is 10.6 Å². The van der Waals surface area contributed by atoms with Crippen molar-refractivity contribution in [2.24, 2.45) is 11.3 Å². The summed E-state index contributed by atoms with van der Waals surface area (Å²) >= 11 is 0. The number of benzene rings is 2. The molecule has 40 heavy (non-hydrogen) atoms. The number of amides is 2. The second-order valence-corrected chi connectivity index (χ2v) is 12.1. The Hall–Kier alpha value is -3.71. The Kier molecular flexibility index (Phi) is 9.58. The fourth-order valence-corrected chi connectivity index (χ4v) is 5.43. The topological polar surface area (TPSA) is 77.6 Å². The molecule has 1 aliphatic rings. The van der Waals surface area contributed by atoms with Gasteiger partial charge in [-0.15, -0.1) is 0 Å². The van der Waals surface area contributed by atoms with E-state index >= 15 is 0 Å². The Morgan fingerprint density at radius 3 is 2.35 bits per heavy atom. The fourth-order valence-electron chi connectivity index (χ4n) is 5.43. The van der Waals surface area contributed by atoms with E-state index in [9.17, 15) is 9.59 Å². The van der Waals surface area contributed by atoms with Crippen molar-refractivity contribution in [1.82, 2.24) is 14.8 Å². The Bertz CT molecular complexity index is 1280. The number of aryl methyl sites for hydroxylation is 1. The standard InChI is InChI=1S/C33H43N5O2/c1-24-11-12-27(32(40)38-17-15-26(16-18-38)19-25-9-7-6-8-10-25)20-29(24)36-31(39)28-13-14-30(34-21-28)35-22-33(2,3)23-37(4)5/h6-14,20-21,26H,15-19,22-23H2,1-5H3,(H,34,35)(H,36,39). The van der Waals surface area contributed by atoms with Crippen LogP contribution in [0, 0.1) is 18.3 Å². The lowest BCUT2D eigenvalue weighted by atomic mass is 9.90. The van der Waals surface area contributed by atoms with Gasteiger partial charge in [0.1, 0.15) is 5.82 Å². The van der Waals surface area contributed by atoms with E-state index in [1.807, 2.05) is 36.1 Å². The van der Waals surface area contributed by atoms with Crippen molar-refractivity contribution < 1.29 is 9.59 Å². The smallest absolute Gasteiger partial charge is 0.257 e. The second kappa shape index (κ2) is 13.1. The summed E-state index contributed by atoms with van der Waals surface area (Å²) in [5.41, 5.74) is 4.05. The molecule has 7 heteroatoms. The van der Waals surface area contributed by atoms with Gasteiger partial charge in [-0.05, 0) is 87.0 Å². The van der Waals surface area contributed by atoms with Crippen LogP contribution in [0.25, 0.3) is 0 Å². The number of carbonyl (C=O) groups excluding carboxylic acids is 2. The molecule has 2 aromatic carbocycles. The summed E-state index contributed by atoms with van der Waals surface area (Å²) < 4.78 is 0. The minimum atomic E-state index is -0.249. The van der Waals surface area contributed by atoms with E-state index in [1.54, 1.807) is 18.3 Å². The first kappa shape index (κ1) is 29.3. The van der Waals surface area contributed by atoms with E-state index in [2.05, 4.69) is 72.7 Å². The number of piperidine rings is 1. The van der Waals surface area contributed by atoms with E-state index in [0.717, 1.165) is 56.8 Å². The second-order valence-electron chi connectivity index (χ2n) is 12.1. The molecule has 2 amide bonds. The molecule has 1 aromatic heterocycles. The average Bonchev–Trinajstić information content (AvgIpc) is 2.93. The highest BCUT2D eigenvalue weighted by Crippen LogP contribution is 2.25. The van der Waals surface area contributed by atoms with Gasteiger partial charge in [-0.1, -0.05) is 50.2 Å². The molecule has 0 saturated carbocycles. The van der Waals surface area contributed by atoms with Gasteiger partial charge in [0, 0.05) is 43.6 Å². The normalized spacial score (nSPS) is 14.3. The molecule has 1 fully saturated rings. The Morgan fingerprint density at radius 1 is 1.00 bits per heavy atom. The zero-order chi connectivity index (χ0) is 28.7. The van der Waals surface area contributed by atoms with Crippen LogP contribution in [-0.4, -0.2) is 66.9 Å². The fraction of sp³-hybridized carbons (Fsp3) is 0.424. The van der Waals surface area contributed by atoms with Crippen LogP contribution in [0.15, 0.2) is 66.9 Å². The summed E-state index contributed by atoms with van der Waals surface area (Å²) in [6, 6.07) is 19.7. The molecule has 3 aromatic rings. The Morgan fingerprint density at radius 2 is 1.70 bits per heavy atom. The third-order valence-corrected chi connectivity index (χ3v) is 7.52. The number of nitrogens with zero attached hydrogens (tertiary/aromatic N) is 3. The Balaban J connectivity index is 1.32. The predicted molar refractivity (Wildman–Crippen MR) is 163 cm³/mol. The number of rotatable bonds is 10. The summed E-state index contributed by atoms with van der Waals surface area (Å²) in [6.45, 7) is 9.57. The van der Waals surface area contributed by atoms with E-state index in [4.69, 9.17) is 0 Å². The van der Waals surface area contributed by atoms with Gasteiger partial charge in [-0.2, -0.15) is 0 Å². The molecule has 0 spiro atoms. The Labute approximate surface area is 239 Å². The number of nitrogens with one attached hydrogen (secondary N) is 2. The molecule has 4 rings (SSSR count). The SMILES string of the molecule is Cc1ccc(C(=O)N2CCC(Cc3ccccc3)CC2)cc1NC(=O)c1ccc(NCC(C)(C)CN(C)C)nc1. The van der Waals surface area contributed by atoms with Gasteiger partial charge in [-0.25, -0.2) is 4.98 Å². The van der Waals surface area contributed by atoms with Crippen LogP contribution in [0.5, 0.6) is 0 Å². The summed E-state index contributed by atoms with van der Waals surface area (Å²) in [7, 11) is 4.13. The molecule has 212 valence electrons.